The van der Waals surface area contributed by atoms with Gasteiger partial charge in [-0.1, -0.05) is 24.3 Å². The number of carbonyl (C=O) groups is 2. The van der Waals surface area contributed by atoms with Gasteiger partial charge in [0.05, 0.1) is 0 Å². The molecule has 1 aliphatic heterocycles. The van der Waals surface area contributed by atoms with Crippen LogP contribution in [0.5, 0.6) is 5.88 Å². The number of fused-ring (bicyclic) bond motifs is 1. The van der Waals surface area contributed by atoms with E-state index in [1.165, 1.54) is 0 Å². The van der Waals surface area contributed by atoms with E-state index in [1.807, 2.05) is 55.4 Å². The molecule has 0 saturated heterocycles. The molecule has 1 unspecified atom stereocenters. The third-order valence-corrected chi connectivity index (χ3v) is 5.33. The molecular formula is C24H24N4O3. The third kappa shape index (κ3) is 4.35. The van der Waals surface area contributed by atoms with Crippen LogP contribution < -0.4 is 20.7 Å². The Hall–Kier alpha value is -3.87. The fourth-order valence-electron chi connectivity index (χ4n) is 3.61. The summed E-state index contributed by atoms with van der Waals surface area (Å²) in [5.41, 5.74) is 10.5. The van der Waals surface area contributed by atoms with Gasteiger partial charge >= 0.3 is 0 Å². The van der Waals surface area contributed by atoms with Crippen molar-refractivity contribution in [3.63, 3.8) is 0 Å². The van der Waals surface area contributed by atoms with Gasteiger partial charge in [-0.05, 0) is 47.0 Å². The molecule has 3 aromatic rings. The number of hydrogen-bond acceptors (Lipinski definition) is 5. The Morgan fingerprint density at radius 2 is 1.94 bits per heavy atom. The van der Waals surface area contributed by atoms with Crippen molar-refractivity contribution in [3.8, 4) is 17.0 Å². The molecule has 1 aliphatic rings. The molecule has 0 radical (unpaired) electrons. The molecule has 158 valence electrons. The highest BCUT2D eigenvalue weighted by molar-refractivity contribution is 5.94. The number of nitrogens with two attached hydrogens (primary N) is 1. The summed E-state index contributed by atoms with van der Waals surface area (Å²) < 4.78 is 5.83. The number of benzene rings is 2. The molecule has 7 heteroatoms. The van der Waals surface area contributed by atoms with Crippen molar-refractivity contribution in [1.29, 1.82) is 0 Å². The molecule has 0 fully saturated rings. The van der Waals surface area contributed by atoms with Crippen LogP contribution in [0.25, 0.3) is 11.1 Å². The Labute approximate surface area is 180 Å². The van der Waals surface area contributed by atoms with E-state index in [4.69, 9.17) is 10.5 Å². The van der Waals surface area contributed by atoms with Crippen LogP contribution in [-0.2, 0) is 17.8 Å². The number of ether oxygens (including phenoxy) is 1. The number of pyridine rings is 1. The molecule has 0 bridgehead atoms. The van der Waals surface area contributed by atoms with Crippen LogP contribution in [0.3, 0.4) is 0 Å². The maximum absolute atomic E-state index is 12.7. The van der Waals surface area contributed by atoms with Gasteiger partial charge in [0.2, 0.25) is 11.8 Å². The van der Waals surface area contributed by atoms with Crippen molar-refractivity contribution in [2.24, 2.45) is 5.73 Å². The van der Waals surface area contributed by atoms with Gasteiger partial charge < -0.3 is 20.7 Å². The zero-order chi connectivity index (χ0) is 22.0. The van der Waals surface area contributed by atoms with Crippen LogP contribution >= 0.6 is 0 Å². The van der Waals surface area contributed by atoms with Gasteiger partial charge in [-0.2, -0.15) is 0 Å². The number of rotatable bonds is 6. The topological polar surface area (TPSA) is 97.6 Å². The van der Waals surface area contributed by atoms with E-state index in [0.717, 1.165) is 27.9 Å². The van der Waals surface area contributed by atoms with E-state index in [0.29, 0.717) is 24.4 Å². The highest BCUT2D eigenvalue weighted by Crippen LogP contribution is 2.35. The van der Waals surface area contributed by atoms with Crippen LogP contribution in [0.15, 0.2) is 60.8 Å². The monoisotopic (exact) mass is 416 g/mol. The minimum atomic E-state index is -0.649. The molecular weight excluding hydrogens is 392 g/mol. The maximum Gasteiger partial charge on any atom is 0.261 e. The molecule has 0 aliphatic carbocycles. The third-order valence-electron chi connectivity index (χ3n) is 5.33. The summed E-state index contributed by atoms with van der Waals surface area (Å²) >= 11 is 0. The minimum Gasteiger partial charge on any atom is -0.464 e. The first-order chi connectivity index (χ1) is 14.9. The Balaban J connectivity index is 1.46. The molecule has 0 spiro atoms. The Morgan fingerprint density at radius 3 is 2.65 bits per heavy atom. The molecule has 7 nitrogen and oxygen atoms in total. The first kappa shape index (κ1) is 20.4. The summed E-state index contributed by atoms with van der Waals surface area (Å²) in [6, 6.07) is 17.0. The Kier molecular flexibility index (Phi) is 5.58. The molecule has 2 heterocycles. The SMILES string of the molecule is CN(C)c1ccc(CNC(=O)C2Cc3c(-c4cccc(C(N)=O)c4)ccnc3O2)cc1. The lowest BCUT2D eigenvalue weighted by Gasteiger charge is -2.14. The summed E-state index contributed by atoms with van der Waals surface area (Å²) in [4.78, 5) is 30.6. The fraction of sp³-hybridized carbons (Fsp3) is 0.208. The molecule has 4 rings (SSSR count). The maximum atomic E-state index is 12.7. The van der Waals surface area contributed by atoms with Gasteiger partial charge in [-0.15, -0.1) is 0 Å². The molecule has 1 atom stereocenters. The summed E-state index contributed by atoms with van der Waals surface area (Å²) in [6.07, 6.45) is 1.39. The van der Waals surface area contributed by atoms with Gasteiger partial charge in [0.1, 0.15) is 0 Å². The predicted octanol–water partition coefficient (Wildman–Crippen LogP) is 2.53. The predicted molar refractivity (Wildman–Crippen MR) is 119 cm³/mol. The Morgan fingerprint density at radius 1 is 1.16 bits per heavy atom. The van der Waals surface area contributed by atoms with Crippen molar-refractivity contribution in [2.75, 3.05) is 19.0 Å². The fourth-order valence-corrected chi connectivity index (χ4v) is 3.61. The lowest BCUT2D eigenvalue weighted by molar-refractivity contribution is -0.127. The number of nitrogens with zero attached hydrogens (tertiary/aromatic N) is 2. The van der Waals surface area contributed by atoms with Crippen molar-refractivity contribution < 1.29 is 14.3 Å². The molecule has 1 aromatic heterocycles. The lowest BCUT2D eigenvalue weighted by atomic mass is 9.97. The van der Waals surface area contributed by atoms with Gasteiger partial charge in [-0.3, -0.25) is 9.59 Å². The van der Waals surface area contributed by atoms with Crippen molar-refractivity contribution in [3.05, 3.63) is 77.5 Å². The standard InChI is InChI=1S/C24H24N4O3/c1-28(2)18-8-6-15(7-9-18)14-27-23(30)21-13-20-19(10-11-26-24(20)31-21)16-4-3-5-17(12-16)22(25)29/h3-12,21H,13-14H2,1-2H3,(H2,25,29)(H,27,30). The quantitative estimate of drug-likeness (QED) is 0.644. The first-order valence-electron chi connectivity index (χ1n) is 10.0. The van der Waals surface area contributed by atoms with Crippen molar-refractivity contribution in [1.82, 2.24) is 10.3 Å². The van der Waals surface area contributed by atoms with Gasteiger partial charge in [0.25, 0.3) is 5.91 Å². The van der Waals surface area contributed by atoms with Gasteiger partial charge in [0.15, 0.2) is 6.10 Å². The van der Waals surface area contributed by atoms with Crippen LogP contribution in [0.4, 0.5) is 5.69 Å². The normalized spacial score (nSPS) is 14.5. The first-order valence-corrected chi connectivity index (χ1v) is 10.0. The number of primary amides is 1. The van der Waals surface area contributed by atoms with E-state index >= 15 is 0 Å². The zero-order valence-electron chi connectivity index (χ0n) is 17.5. The van der Waals surface area contributed by atoms with Crippen LogP contribution in [0.1, 0.15) is 21.5 Å². The Bertz CT molecular complexity index is 1130. The average molecular weight is 416 g/mol. The summed E-state index contributed by atoms with van der Waals surface area (Å²) in [5.74, 6) is -0.233. The average Bonchev–Trinajstić information content (AvgIpc) is 3.22. The number of hydrogen-bond donors (Lipinski definition) is 2. The molecule has 2 amide bonds. The smallest absolute Gasteiger partial charge is 0.261 e. The summed E-state index contributed by atoms with van der Waals surface area (Å²) in [7, 11) is 3.97. The van der Waals surface area contributed by atoms with E-state index in [9.17, 15) is 9.59 Å². The molecule has 2 aromatic carbocycles. The van der Waals surface area contributed by atoms with E-state index < -0.39 is 12.0 Å². The largest absolute Gasteiger partial charge is 0.464 e. The number of nitrogens with one attached hydrogen (secondary N) is 1. The van der Waals surface area contributed by atoms with E-state index in [-0.39, 0.29) is 5.91 Å². The number of aromatic nitrogens is 1. The second-order valence-electron chi connectivity index (χ2n) is 7.68. The molecule has 31 heavy (non-hydrogen) atoms. The van der Waals surface area contributed by atoms with Crippen molar-refractivity contribution in [2.45, 2.75) is 19.1 Å². The summed E-state index contributed by atoms with van der Waals surface area (Å²) in [5, 5.41) is 2.94. The van der Waals surface area contributed by atoms with Crippen LogP contribution in [0, 0.1) is 0 Å². The van der Waals surface area contributed by atoms with Crippen LogP contribution in [0.2, 0.25) is 0 Å². The number of carbonyl (C=O) groups excluding carboxylic acids is 2. The number of amides is 2. The highest BCUT2D eigenvalue weighted by atomic mass is 16.5. The summed E-state index contributed by atoms with van der Waals surface area (Å²) in [6.45, 7) is 0.420. The van der Waals surface area contributed by atoms with E-state index in [2.05, 4.69) is 10.3 Å². The second kappa shape index (κ2) is 8.47. The second-order valence-corrected chi connectivity index (χ2v) is 7.68. The lowest BCUT2D eigenvalue weighted by Crippen LogP contribution is -2.37. The molecule has 3 N–H and O–H groups in total. The minimum absolute atomic E-state index is 0.188. The number of anilines is 1. The van der Waals surface area contributed by atoms with Crippen molar-refractivity contribution >= 4 is 17.5 Å². The van der Waals surface area contributed by atoms with Gasteiger partial charge in [-0.25, -0.2) is 4.98 Å². The zero-order valence-corrected chi connectivity index (χ0v) is 17.5. The van der Waals surface area contributed by atoms with E-state index in [1.54, 1.807) is 24.4 Å². The molecule has 0 saturated carbocycles. The highest BCUT2D eigenvalue weighted by Gasteiger charge is 2.32. The van der Waals surface area contributed by atoms with Gasteiger partial charge in [0, 0.05) is 50.1 Å². The van der Waals surface area contributed by atoms with Crippen LogP contribution in [-0.4, -0.2) is 37.0 Å².